The van der Waals surface area contributed by atoms with Crippen molar-refractivity contribution < 1.29 is 18.1 Å². The predicted molar refractivity (Wildman–Crippen MR) is 85.3 cm³/mol. The second-order valence-corrected chi connectivity index (χ2v) is 6.69. The van der Waals surface area contributed by atoms with Gasteiger partial charge in [-0.25, -0.2) is 8.78 Å². The number of aromatic nitrogens is 1. The summed E-state index contributed by atoms with van der Waals surface area (Å²) in [4.78, 5) is 4.30. The Hall–Kier alpha value is -1.79. The second-order valence-electron chi connectivity index (χ2n) is 6.69. The molecule has 2 aromatic rings. The summed E-state index contributed by atoms with van der Waals surface area (Å²) in [6.07, 6.45) is 1.61. The van der Waals surface area contributed by atoms with Gasteiger partial charge in [-0.05, 0) is 63.1 Å². The third kappa shape index (κ3) is 2.89. The number of pyridine rings is 1. The van der Waals surface area contributed by atoms with Crippen LogP contribution in [0.2, 0.25) is 0 Å². The molecule has 6 heteroatoms. The number of hydrogen-bond acceptors (Lipinski definition) is 3. The molecule has 0 saturated carbocycles. The third-order valence-corrected chi connectivity index (χ3v) is 4.53. The van der Waals surface area contributed by atoms with Crippen LogP contribution in [0.5, 0.6) is 0 Å². The minimum atomic E-state index is -0.878. The van der Waals surface area contributed by atoms with Gasteiger partial charge in [0.25, 0.3) is 0 Å². The van der Waals surface area contributed by atoms with Crippen molar-refractivity contribution in [1.29, 1.82) is 0 Å². The number of hydrogen-bond donors (Lipinski definition) is 0. The molecule has 0 bridgehead atoms. The van der Waals surface area contributed by atoms with Crippen LogP contribution in [0.15, 0.2) is 36.5 Å². The number of rotatable bonds is 2. The Morgan fingerprint density at radius 3 is 2.09 bits per heavy atom. The lowest BCUT2D eigenvalue weighted by molar-refractivity contribution is 0.00578. The predicted octanol–water partition coefficient (Wildman–Crippen LogP) is 3.33. The van der Waals surface area contributed by atoms with E-state index in [0.717, 1.165) is 11.6 Å². The Morgan fingerprint density at radius 1 is 0.870 bits per heavy atom. The molecule has 120 valence electrons. The molecule has 1 fully saturated rings. The highest BCUT2D eigenvalue weighted by Gasteiger charge is 2.52. The van der Waals surface area contributed by atoms with Crippen molar-refractivity contribution in [3.05, 3.63) is 48.2 Å². The first kappa shape index (κ1) is 16.1. The van der Waals surface area contributed by atoms with E-state index in [1.165, 1.54) is 12.1 Å². The van der Waals surface area contributed by atoms with Crippen LogP contribution in [0.3, 0.4) is 0 Å². The first-order valence-electron chi connectivity index (χ1n) is 7.47. The summed E-state index contributed by atoms with van der Waals surface area (Å²) in [7, 11) is -0.592. The van der Waals surface area contributed by atoms with Crippen molar-refractivity contribution in [2.24, 2.45) is 0 Å². The second kappa shape index (κ2) is 5.39. The molecule has 1 aliphatic heterocycles. The van der Waals surface area contributed by atoms with Gasteiger partial charge in [0.1, 0.15) is 0 Å². The maximum absolute atomic E-state index is 13.4. The van der Waals surface area contributed by atoms with E-state index < -0.39 is 30.0 Å². The third-order valence-electron chi connectivity index (χ3n) is 4.53. The van der Waals surface area contributed by atoms with Gasteiger partial charge < -0.3 is 9.31 Å². The largest absolute Gasteiger partial charge is 0.514 e. The lowest BCUT2D eigenvalue weighted by Crippen LogP contribution is -2.41. The monoisotopic (exact) mass is 317 g/mol. The number of benzene rings is 1. The van der Waals surface area contributed by atoms with Gasteiger partial charge in [0.2, 0.25) is 0 Å². The Morgan fingerprint density at radius 2 is 1.48 bits per heavy atom. The molecule has 3 nitrogen and oxygen atoms in total. The fraction of sp³-hybridized carbons (Fsp3) is 0.353. The Bertz CT molecular complexity index is 733. The SMILES string of the molecule is CC1(C)OB(c2cc(-c3ccc(F)c(F)c3)ccn2)OC1(C)C. The zero-order chi connectivity index (χ0) is 16.8. The van der Waals surface area contributed by atoms with Crippen LogP contribution in [-0.4, -0.2) is 23.3 Å². The molecule has 2 heterocycles. The van der Waals surface area contributed by atoms with Crippen LogP contribution in [0.1, 0.15) is 27.7 Å². The zero-order valence-electron chi connectivity index (χ0n) is 13.6. The van der Waals surface area contributed by atoms with Crippen molar-refractivity contribution >= 4 is 12.7 Å². The molecule has 0 atom stereocenters. The standard InChI is InChI=1S/C17H18BF2NO2/c1-16(2)17(3,4)23-18(22-16)15-10-12(7-8-21-15)11-5-6-13(19)14(20)9-11/h5-10H,1-4H3. The van der Waals surface area contributed by atoms with Gasteiger partial charge in [0.05, 0.1) is 16.8 Å². The summed E-state index contributed by atoms with van der Waals surface area (Å²) in [6.45, 7) is 7.86. The highest BCUT2D eigenvalue weighted by Crippen LogP contribution is 2.36. The van der Waals surface area contributed by atoms with Crippen LogP contribution < -0.4 is 5.59 Å². The van der Waals surface area contributed by atoms with Crippen LogP contribution in [0.4, 0.5) is 8.78 Å². The fourth-order valence-corrected chi connectivity index (χ4v) is 2.40. The van der Waals surface area contributed by atoms with E-state index in [4.69, 9.17) is 9.31 Å². The topological polar surface area (TPSA) is 31.4 Å². The van der Waals surface area contributed by atoms with E-state index >= 15 is 0 Å². The van der Waals surface area contributed by atoms with E-state index in [1.807, 2.05) is 27.7 Å². The van der Waals surface area contributed by atoms with Crippen LogP contribution in [0, 0.1) is 11.6 Å². The quantitative estimate of drug-likeness (QED) is 0.796. The number of halogens is 2. The molecule has 0 unspecified atom stereocenters. The highest BCUT2D eigenvalue weighted by atomic mass is 19.2. The van der Waals surface area contributed by atoms with Gasteiger partial charge in [-0.1, -0.05) is 6.07 Å². The van der Waals surface area contributed by atoms with Crippen molar-refractivity contribution in [2.75, 3.05) is 0 Å². The lowest BCUT2D eigenvalue weighted by atomic mass is 9.83. The van der Waals surface area contributed by atoms with E-state index in [9.17, 15) is 8.78 Å². The van der Waals surface area contributed by atoms with Gasteiger partial charge in [-0.15, -0.1) is 0 Å². The first-order chi connectivity index (χ1) is 10.7. The van der Waals surface area contributed by atoms with Crippen molar-refractivity contribution in [1.82, 2.24) is 4.98 Å². The fourth-order valence-electron chi connectivity index (χ4n) is 2.40. The van der Waals surface area contributed by atoms with Gasteiger partial charge in [0.15, 0.2) is 11.6 Å². The molecule has 1 aromatic heterocycles. The summed E-state index contributed by atoms with van der Waals surface area (Å²) in [5.41, 5.74) is 0.979. The normalized spacial score (nSPS) is 19.1. The van der Waals surface area contributed by atoms with E-state index in [2.05, 4.69) is 4.98 Å². The molecular formula is C17H18BF2NO2. The van der Waals surface area contributed by atoms with Gasteiger partial charge in [-0.2, -0.15) is 0 Å². The molecule has 1 saturated heterocycles. The summed E-state index contributed by atoms with van der Waals surface area (Å²) in [5.74, 6) is -1.74. The van der Waals surface area contributed by atoms with E-state index in [1.54, 1.807) is 18.3 Å². The lowest BCUT2D eigenvalue weighted by Gasteiger charge is -2.32. The van der Waals surface area contributed by atoms with Gasteiger partial charge >= 0.3 is 7.12 Å². The number of nitrogens with zero attached hydrogens (tertiary/aromatic N) is 1. The maximum Gasteiger partial charge on any atom is 0.514 e. The minimum Gasteiger partial charge on any atom is -0.398 e. The summed E-state index contributed by atoms with van der Waals surface area (Å²) >= 11 is 0. The first-order valence-corrected chi connectivity index (χ1v) is 7.47. The van der Waals surface area contributed by atoms with Crippen LogP contribution in [-0.2, 0) is 9.31 Å². The minimum absolute atomic E-state index is 0.461. The molecule has 0 radical (unpaired) electrons. The summed E-state index contributed by atoms with van der Waals surface area (Å²) < 4.78 is 38.4. The van der Waals surface area contributed by atoms with Crippen molar-refractivity contribution in [3.8, 4) is 11.1 Å². The molecule has 1 aliphatic rings. The maximum atomic E-state index is 13.4. The van der Waals surface area contributed by atoms with Crippen molar-refractivity contribution in [2.45, 2.75) is 38.9 Å². The molecule has 0 spiro atoms. The van der Waals surface area contributed by atoms with Gasteiger partial charge in [-0.3, -0.25) is 4.98 Å². The molecule has 0 N–H and O–H groups in total. The molecular weight excluding hydrogens is 299 g/mol. The average molecular weight is 317 g/mol. The Balaban J connectivity index is 1.93. The zero-order valence-corrected chi connectivity index (χ0v) is 13.6. The molecule has 0 amide bonds. The molecule has 3 rings (SSSR count). The Kier molecular flexibility index (Phi) is 3.77. The van der Waals surface area contributed by atoms with Gasteiger partial charge in [0, 0.05) is 6.20 Å². The van der Waals surface area contributed by atoms with E-state index in [0.29, 0.717) is 11.2 Å². The highest BCUT2D eigenvalue weighted by molar-refractivity contribution is 6.61. The average Bonchev–Trinajstić information content (AvgIpc) is 2.71. The Labute approximate surface area is 134 Å². The summed E-state index contributed by atoms with van der Waals surface area (Å²) in [6, 6.07) is 7.32. The van der Waals surface area contributed by atoms with Crippen LogP contribution >= 0.6 is 0 Å². The molecule has 23 heavy (non-hydrogen) atoms. The van der Waals surface area contributed by atoms with Crippen molar-refractivity contribution in [3.63, 3.8) is 0 Å². The molecule has 0 aliphatic carbocycles. The van der Waals surface area contributed by atoms with E-state index in [-0.39, 0.29) is 0 Å². The van der Waals surface area contributed by atoms with Crippen LogP contribution in [0.25, 0.3) is 11.1 Å². The smallest absolute Gasteiger partial charge is 0.398 e. The summed E-state index contributed by atoms with van der Waals surface area (Å²) in [5, 5.41) is 0. The molecule has 1 aromatic carbocycles.